The van der Waals surface area contributed by atoms with Crippen molar-refractivity contribution >= 4 is 0 Å². The number of nitrogens with two attached hydrogens (primary N) is 1. The summed E-state index contributed by atoms with van der Waals surface area (Å²) in [5.41, 5.74) is 4.15. The SMILES string of the molecule is N#CN.[H+].[H-].[Na+]. The van der Waals surface area contributed by atoms with Gasteiger partial charge in [-0.05, 0) is 0 Å². The molecule has 0 bridgehead atoms. The van der Waals surface area contributed by atoms with Gasteiger partial charge in [-0.15, -0.1) is 0 Å². The van der Waals surface area contributed by atoms with Crippen LogP contribution in [0.5, 0.6) is 0 Å². The summed E-state index contributed by atoms with van der Waals surface area (Å²) in [6, 6.07) is 0. The number of rotatable bonds is 0. The van der Waals surface area contributed by atoms with Crippen LogP contribution < -0.4 is 35.3 Å². The summed E-state index contributed by atoms with van der Waals surface area (Å²) in [5, 5.41) is 7.10. The van der Waals surface area contributed by atoms with Gasteiger partial charge in [0, 0.05) is 0 Å². The Hall–Kier alpha value is 0.290. The Morgan fingerprint density at radius 2 is 2.25 bits per heavy atom. The van der Waals surface area contributed by atoms with Crippen molar-refractivity contribution in [3.8, 4) is 6.19 Å². The smallest absolute Gasteiger partial charge is 1.00 e. The molecule has 0 spiro atoms. The maximum Gasteiger partial charge on any atom is 1.00 e. The standard InChI is InChI=1S/CH2N2.Na.H/c2-1-3;;/h2H2;;/q;+1;-1/p+1. The maximum absolute atomic E-state index is 7.10. The third-order valence-electron chi connectivity index (χ3n) is 0. The molecule has 0 amide bonds. The van der Waals surface area contributed by atoms with E-state index in [1.54, 1.807) is 0 Å². The van der Waals surface area contributed by atoms with Gasteiger partial charge < -0.3 is 7.16 Å². The zero-order chi connectivity index (χ0) is 2.71. The quantitative estimate of drug-likeness (QED) is 0.183. The van der Waals surface area contributed by atoms with Crippen molar-refractivity contribution in [2.45, 2.75) is 0 Å². The van der Waals surface area contributed by atoms with Gasteiger partial charge in [0.15, 0.2) is 6.19 Å². The molecule has 0 radical (unpaired) electrons. The van der Waals surface area contributed by atoms with E-state index in [-0.39, 0.29) is 32.4 Å². The second-order valence-electron chi connectivity index (χ2n) is 0.129. The normalized spacial score (nSPS) is 1.75. The Labute approximate surface area is 49.9 Å². The molecule has 0 unspecified atom stereocenters. The fourth-order valence-electron chi connectivity index (χ4n) is 0. The first kappa shape index (κ1) is 8.85. The summed E-state index contributed by atoms with van der Waals surface area (Å²) in [7, 11) is 0. The molecule has 0 fully saturated rings. The largest absolute Gasteiger partial charge is 1.00 e. The Bertz CT molecular complexity index is 33.0. The summed E-state index contributed by atoms with van der Waals surface area (Å²) in [5.74, 6) is 0. The van der Waals surface area contributed by atoms with Crippen molar-refractivity contribution in [2.75, 3.05) is 0 Å². The third kappa shape index (κ3) is 45.3. The summed E-state index contributed by atoms with van der Waals surface area (Å²) < 4.78 is 0. The van der Waals surface area contributed by atoms with Crippen LogP contribution >= 0.6 is 0 Å². The molecular formula is CH4N2Na+. The molecule has 0 rings (SSSR count). The number of hydrogen-bond acceptors (Lipinski definition) is 2. The Kier molecular flexibility index (Phi) is 23.0. The van der Waals surface area contributed by atoms with E-state index in [1.165, 1.54) is 6.19 Å². The molecule has 0 aliphatic carbocycles. The zero-order valence-electron chi connectivity index (χ0n) is 4.52. The van der Waals surface area contributed by atoms with E-state index in [1.807, 2.05) is 0 Å². The molecule has 0 aliphatic heterocycles. The summed E-state index contributed by atoms with van der Waals surface area (Å²) in [6.45, 7) is 0. The molecule has 0 atom stereocenters. The van der Waals surface area contributed by atoms with Gasteiger partial charge in [-0.25, -0.2) is 0 Å². The van der Waals surface area contributed by atoms with E-state index in [0.717, 1.165) is 0 Å². The van der Waals surface area contributed by atoms with Crippen LogP contribution in [0.15, 0.2) is 0 Å². The predicted molar refractivity (Wildman–Crippen MR) is 12.0 cm³/mol. The van der Waals surface area contributed by atoms with Crippen molar-refractivity contribution < 1.29 is 32.4 Å². The average molecular weight is 67.0 g/mol. The minimum absolute atomic E-state index is 0. The van der Waals surface area contributed by atoms with E-state index in [4.69, 9.17) is 5.26 Å². The van der Waals surface area contributed by atoms with E-state index in [0.29, 0.717) is 0 Å². The van der Waals surface area contributed by atoms with Crippen molar-refractivity contribution in [1.29, 1.82) is 5.26 Å². The molecule has 2 nitrogen and oxygen atoms in total. The van der Waals surface area contributed by atoms with Gasteiger partial charge in [0.05, 0.1) is 0 Å². The van der Waals surface area contributed by atoms with Gasteiger partial charge in [0.25, 0.3) is 0 Å². The Morgan fingerprint density at radius 1 is 2.25 bits per heavy atom. The van der Waals surface area contributed by atoms with Gasteiger partial charge in [-0.1, -0.05) is 0 Å². The van der Waals surface area contributed by atoms with Crippen molar-refractivity contribution in [3.05, 3.63) is 0 Å². The molecule has 0 aromatic heterocycles. The van der Waals surface area contributed by atoms with Crippen LogP contribution in [0.3, 0.4) is 0 Å². The minimum Gasteiger partial charge on any atom is -1.00 e. The van der Waals surface area contributed by atoms with Crippen LogP contribution in [0.2, 0.25) is 0 Å². The van der Waals surface area contributed by atoms with Crippen LogP contribution in [0.1, 0.15) is 2.85 Å². The fraction of sp³-hybridized carbons (Fsp3) is 0. The van der Waals surface area contributed by atoms with Gasteiger partial charge in [-0.2, -0.15) is 5.26 Å². The second-order valence-corrected chi connectivity index (χ2v) is 0.129. The molecule has 2 N–H and O–H groups in total. The van der Waals surface area contributed by atoms with Gasteiger partial charge in [0.1, 0.15) is 0 Å². The van der Waals surface area contributed by atoms with Crippen molar-refractivity contribution in [2.24, 2.45) is 5.73 Å². The van der Waals surface area contributed by atoms with E-state index < -0.39 is 0 Å². The van der Waals surface area contributed by atoms with E-state index in [9.17, 15) is 0 Å². The molecule has 4 heavy (non-hydrogen) atoms. The molecule has 18 valence electrons. The Balaban J connectivity index is -0.00000000667. The molecule has 3 heteroatoms. The van der Waals surface area contributed by atoms with E-state index >= 15 is 0 Å². The van der Waals surface area contributed by atoms with Crippen LogP contribution in [-0.2, 0) is 0 Å². The Morgan fingerprint density at radius 3 is 2.25 bits per heavy atom. The van der Waals surface area contributed by atoms with Gasteiger partial charge in [-0.3, -0.25) is 0 Å². The van der Waals surface area contributed by atoms with Crippen molar-refractivity contribution in [1.82, 2.24) is 0 Å². The molecule has 0 saturated carbocycles. The maximum atomic E-state index is 7.10. The zero-order valence-corrected chi connectivity index (χ0v) is 4.52. The topological polar surface area (TPSA) is 49.8 Å². The summed E-state index contributed by atoms with van der Waals surface area (Å²) >= 11 is 0. The fourth-order valence-corrected chi connectivity index (χ4v) is 0. The predicted octanol–water partition coefficient (Wildman–Crippen LogP) is -3.34. The average Bonchev–Trinajstić information content (AvgIpc) is 0.918. The number of nitriles is 1. The first-order valence-corrected chi connectivity index (χ1v) is 0.512. The first-order valence-electron chi connectivity index (χ1n) is 0.512. The van der Waals surface area contributed by atoms with E-state index in [2.05, 4.69) is 5.73 Å². The van der Waals surface area contributed by atoms with Crippen LogP contribution in [-0.4, -0.2) is 0 Å². The summed E-state index contributed by atoms with van der Waals surface area (Å²) in [4.78, 5) is 0. The molecule has 0 aromatic rings. The second kappa shape index (κ2) is 10.4. The number of nitrogens with zero attached hydrogens (tertiary/aromatic N) is 1. The molecular weight excluding hydrogens is 63.0 g/mol. The van der Waals surface area contributed by atoms with Crippen molar-refractivity contribution in [3.63, 3.8) is 0 Å². The third-order valence-corrected chi connectivity index (χ3v) is 0. The number of hydrogen-bond donors (Lipinski definition) is 1. The minimum atomic E-state index is 0. The van der Waals surface area contributed by atoms with Gasteiger partial charge >= 0.3 is 31.0 Å². The summed E-state index contributed by atoms with van der Waals surface area (Å²) in [6.07, 6.45) is 1.25. The molecule has 0 aromatic carbocycles. The molecule has 0 saturated heterocycles. The van der Waals surface area contributed by atoms with Crippen LogP contribution in [0.4, 0.5) is 0 Å². The molecule has 0 aliphatic rings. The van der Waals surface area contributed by atoms with Crippen LogP contribution in [0, 0.1) is 11.5 Å². The first-order chi connectivity index (χ1) is 1.41. The monoisotopic (exact) mass is 67.0 g/mol. The van der Waals surface area contributed by atoms with Gasteiger partial charge in [0.2, 0.25) is 0 Å². The van der Waals surface area contributed by atoms with Crippen LogP contribution in [0.25, 0.3) is 0 Å². The molecule has 0 heterocycles.